The van der Waals surface area contributed by atoms with Gasteiger partial charge in [0.1, 0.15) is 11.5 Å². The molecule has 0 unspecified atom stereocenters. The van der Waals surface area contributed by atoms with E-state index in [1.165, 1.54) is 0 Å². The molecule has 1 amide bonds. The number of nitrogens with zero attached hydrogens (tertiary/aromatic N) is 5. The minimum atomic E-state index is -0.0709. The molecule has 1 aliphatic rings. The first-order chi connectivity index (χ1) is 19.7. The summed E-state index contributed by atoms with van der Waals surface area (Å²) in [4.78, 5) is 20.8. The number of nitrogens with one attached hydrogen (secondary N) is 1. The number of tetrazole rings is 1. The average molecular weight is 525 g/mol. The van der Waals surface area contributed by atoms with Crippen molar-refractivity contribution in [1.29, 1.82) is 0 Å². The second-order valence-corrected chi connectivity index (χ2v) is 9.62. The summed E-state index contributed by atoms with van der Waals surface area (Å²) in [5.74, 6) is 1.35. The van der Waals surface area contributed by atoms with Gasteiger partial charge in [-0.15, -0.1) is 5.10 Å². The van der Waals surface area contributed by atoms with E-state index in [0.717, 1.165) is 57.6 Å². The fourth-order valence-electron chi connectivity index (χ4n) is 5.06. The lowest BCUT2D eigenvalue weighted by Gasteiger charge is -2.19. The molecule has 0 saturated heterocycles. The Labute approximate surface area is 232 Å². The first-order valence-corrected chi connectivity index (χ1v) is 13.4. The molecule has 0 radical (unpaired) electrons. The third kappa shape index (κ3) is 4.97. The van der Waals surface area contributed by atoms with Crippen LogP contribution in [-0.4, -0.2) is 37.3 Å². The molecule has 7 heteroatoms. The van der Waals surface area contributed by atoms with Gasteiger partial charge in [0.05, 0.1) is 6.54 Å². The predicted octanol–water partition coefficient (Wildman–Crippen LogP) is 6.53. The summed E-state index contributed by atoms with van der Waals surface area (Å²) < 4.78 is 0. The Morgan fingerprint density at radius 1 is 0.775 bits per heavy atom. The summed E-state index contributed by atoms with van der Waals surface area (Å²) in [5, 5.41) is 14.4. The van der Waals surface area contributed by atoms with Gasteiger partial charge in [0, 0.05) is 17.6 Å². The summed E-state index contributed by atoms with van der Waals surface area (Å²) in [5.41, 5.74) is 7.33. The summed E-state index contributed by atoms with van der Waals surface area (Å²) in [6.07, 6.45) is 1.62. The molecular formula is C33H28N6O. The highest BCUT2D eigenvalue weighted by Gasteiger charge is 2.32. The number of amides is 1. The largest absolute Gasteiger partial charge is 0.290 e. The van der Waals surface area contributed by atoms with Crippen LogP contribution in [0.25, 0.3) is 28.1 Å². The Hall–Kier alpha value is -5.17. The van der Waals surface area contributed by atoms with Crippen LogP contribution in [0.5, 0.6) is 0 Å². The van der Waals surface area contributed by atoms with E-state index < -0.39 is 0 Å². The van der Waals surface area contributed by atoms with Crippen LogP contribution >= 0.6 is 0 Å². The number of carbonyl (C=O) groups is 1. The van der Waals surface area contributed by atoms with E-state index in [9.17, 15) is 4.79 Å². The van der Waals surface area contributed by atoms with Crippen LogP contribution in [-0.2, 0) is 11.3 Å². The van der Waals surface area contributed by atoms with Crippen molar-refractivity contribution >= 4 is 17.3 Å². The molecule has 4 aromatic carbocycles. The van der Waals surface area contributed by atoms with Gasteiger partial charge in [0.25, 0.3) is 5.91 Å². The second kappa shape index (κ2) is 11.3. The topological polar surface area (TPSA) is 87.1 Å². The van der Waals surface area contributed by atoms with E-state index in [4.69, 9.17) is 4.99 Å². The van der Waals surface area contributed by atoms with E-state index in [0.29, 0.717) is 18.1 Å². The summed E-state index contributed by atoms with van der Waals surface area (Å²) in [6, 6.07) is 36.4. The number of amidine groups is 1. The fraction of sp³-hybridized carbons (Fsp3) is 0.121. The van der Waals surface area contributed by atoms with Crippen LogP contribution in [0.1, 0.15) is 36.5 Å². The molecule has 0 atom stereocenters. The van der Waals surface area contributed by atoms with E-state index in [-0.39, 0.29) is 5.91 Å². The van der Waals surface area contributed by atoms with Crippen molar-refractivity contribution in [1.82, 2.24) is 25.5 Å². The molecule has 0 bridgehead atoms. The van der Waals surface area contributed by atoms with Crippen LogP contribution in [0.3, 0.4) is 0 Å². The van der Waals surface area contributed by atoms with Crippen molar-refractivity contribution in [2.45, 2.75) is 26.3 Å². The molecule has 5 aromatic rings. The monoisotopic (exact) mass is 524 g/mol. The van der Waals surface area contributed by atoms with Crippen LogP contribution < -0.4 is 0 Å². The Morgan fingerprint density at radius 3 is 2.00 bits per heavy atom. The maximum Gasteiger partial charge on any atom is 0.278 e. The van der Waals surface area contributed by atoms with E-state index >= 15 is 0 Å². The van der Waals surface area contributed by atoms with Crippen LogP contribution in [0.15, 0.2) is 120 Å². The maximum atomic E-state index is 14.0. The Bertz CT molecular complexity index is 1630. The van der Waals surface area contributed by atoms with Crippen molar-refractivity contribution < 1.29 is 4.79 Å². The highest BCUT2D eigenvalue weighted by Crippen LogP contribution is 2.34. The number of H-pyrrole nitrogens is 1. The molecule has 2 heterocycles. The number of hydrogen-bond acceptors (Lipinski definition) is 5. The number of benzene rings is 4. The van der Waals surface area contributed by atoms with Crippen molar-refractivity contribution in [2.75, 3.05) is 0 Å². The van der Waals surface area contributed by atoms with E-state index in [1.54, 1.807) is 0 Å². The van der Waals surface area contributed by atoms with Gasteiger partial charge in [-0.25, -0.2) is 10.1 Å². The number of aliphatic imine (C=N–C) groups is 1. The molecule has 6 rings (SSSR count). The predicted molar refractivity (Wildman–Crippen MR) is 157 cm³/mol. The first-order valence-electron chi connectivity index (χ1n) is 13.4. The molecular weight excluding hydrogens is 496 g/mol. The van der Waals surface area contributed by atoms with Crippen LogP contribution in [0, 0.1) is 0 Å². The van der Waals surface area contributed by atoms with Gasteiger partial charge in [-0.2, -0.15) is 0 Å². The quantitative estimate of drug-likeness (QED) is 0.234. The number of aromatic amines is 1. The average Bonchev–Trinajstić information content (AvgIpc) is 3.65. The minimum absolute atomic E-state index is 0.0709. The van der Waals surface area contributed by atoms with Gasteiger partial charge in [-0.3, -0.25) is 9.69 Å². The molecule has 1 N–H and O–H groups in total. The summed E-state index contributed by atoms with van der Waals surface area (Å²) in [7, 11) is 0. The van der Waals surface area contributed by atoms with E-state index in [2.05, 4.69) is 57.9 Å². The Balaban J connectivity index is 1.33. The summed E-state index contributed by atoms with van der Waals surface area (Å²) in [6.45, 7) is 2.56. The normalized spacial score (nSPS) is 13.0. The van der Waals surface area contributed by atoms with Gasteiger partial charge >= 0.3 is 0 Å². The van der Waals surface area contributed by atoms with Crippen LogP contribution in [0.2, 0.25) is 0 Å². The molecule has 1 aliphatic heterocycles. The second-order valence-electron chi connectivity index (χ2n) is 9.62. The number of carbonyl (C=O) groups excluding carboxylic acids is 1. The van der Waals surface area contributed by atoms with Gasteiger partial charge < -0.3 is 0 Å². The van der Waals surface area contributed by atoms with Gasteiger partial charge in [-0.05, 0) is 44.7 Å². The Morgan fingerprint density at radius 2 is 1.40 bits per heavy atom. The molecule has 0 aliphatic carbocycles. The lowest BCUT2D eigenvalue weighted by Crippen LogP contribution is -2.31. The maximum absolute atomic E-state index is 14.0. The van der Waals surface area contributed by atoms with Gasteiger partial charge in [0.2, 0.25) is 0 Å². The third-order valence-electron chi connectivity index (χ3n) is 6.97. The highest BCUT2D eigenvalue weighted by molar-refractivity contribution is 6.17. The van der Waals surface area contributed by atoms with Crippen molar-refractivity contribution in [3.05, 3.63) is 132 Å². The zero-order chi connectivity index (χ0) is 27.3. The Kier molecular flexibility index (Phi) is 7.09. The van der Waals surface area contributed by atoms with Crippen molar-refractivity contribution in [3.63, 3.8) is 0 Å². The zero-order valence-corrected chi connectivity index (χ0v) is 22.2. The summed E-state index contributed by atoms with van der Waals surface area (Å²) >= 11 is 0. The highest BCUT2D eigenvalue weighted by atomic mass is 16.2. The van der Waals surface area contributed by atoms with Gasteiger partial charge in [-0.1, -0.05) is 116 Å². The molecule has 0 fully saturated rings. The lowest BCUT2D eigenvalue weighted by atomic mass is 9.95. The smallest absolute Gasteiger partial charge is 0.278 e. The van der Waals surface area contributed by atoms with Gasteiger partial charge in [0.15, 0.2) is 5.82 Å². The molecule has 40 heavy (non-hydrogen) atoms. The lowest BCUT2D eigenvalue weighted by molar-refractivity contribution is -0.123. The van der Waals surface area contributed by atoms with Crippen molar-refractivity contribution in [3.8, 4) is 22.5 Å². The molecule has 196 valence electrons. The molecule has 1 aromatic heterocycles. The number of aromatic nitrogens is 4. The molecule has 7 nitrogen and oxygen atoms in total. The molecule has 0 saturated carbocycles. The fourth-order valence-corrected chi connectivity index (χ4v) is 5.06. The van der Waals surface area contributed by atoms with Crippen LogP contribution in [0.4, 0.5) is 0 Å². The standard InChI is InChI=1S/C33H28N6O/c1-2-11-29-34-31(30(25-12-5-3-6-13-25)26-14-7-4-8-15-26)33(40)39(29)22-23-18-20-24(21-19-23)27-16-9-10-17-28(27)32-35-37-38-36-32/h3-10,12-21H,2,11,22H2,1H3,(H,35,36,37,38). The van der Waals surface area contributed by atoms with Crippen molar-refractivity contribution in [2.24, 2.45) is 4.99 Å². The molecule has 0 spiro atoms. The van der Waals surface area contributed by atoms with E-state index in [1.807, 2.05) is 83.8 Å². The first kappa shape index (κ1) is 25.1. The number of hydrogen-bond donors (Lipinski definition) is 1. The third-order valence-corrected chi connectivity index (χ3v) is 6.97. The minimum Gasteiger partial charge on any atom is -0.290 e. The number of rotatable bonds is 8. The SMILES string of the molecule is CCCC1=NC(=C(c2ccccc2)c2ccccc2)C(=O)N1Cc1ccc(-c2ccccc2-c2nnn[nH]2)cc1. The zero-order valence-electron chi connectivity index (χ0n) is 22.2.